The van der Waals surface area contributed by atoms with E-state index in [0.29, 0.717) is 38.4 Å². The van der Waals surface area contributed by atoms with E-state index in [1.807, 2.05) is 0 Å². The minimum atomic E-state index is -0.377. The van der Waals surface area contributed by atoms with E-state index in [4.69, 9.17) is 27.6 Å². The number of halogens is 3. The molecule has 2 aromatic heterocycles. The summed E-state index contributed by atoms with van der Waals surface area (Å²) in [7, 11) is 0. The minimum absolute atomic E-state index is 0.265. The van der Waals surface area contributed by atoms with Crippen LogP contribution in [0.25, 0.3) is 34.0 Å². The SMILES string of the molecule is N#C/C(=C\c1ccc(-c2ccc(Cl)c(Cl)c2)o1)c1nc2ccc(F)cc2[nH]1. The molecule has 4 nitrogen and oxygen atoms in total. The van der Waals surface area contributed by atoms with Gasteiger partial charge in [-0.05, 0) is 48.5 Å². The molecule has 0 aliphatic heterocycles. The molecule has 1 N–H and O–H groups in total. The number of fused-ring (bicyclic) bond motifs is 1. The predicted molar refractivity (Wildman–Crippen MR) is 104 cm³/mol. The monoisotopic (exact) mass is 397 g/mol. The van der Waals surface area contributed by atoms with Crippen LogP contribution in [0.3, 0.4) is 0 Å². The van der Waals surface area contributed by atoms with Crippen LogP contribution in [-0.4, -0.2) is 9.97 Å². The third-order valence-electron chi connectivity index (χ3n) is 3.94. The Hall–Kier alpha value is -3.07. The van der Waals surface area contributed by atoms with Crippen molar-refractivity contribution in [2.45, 2.75) is 0 Å². The number of aromatic nitrogens is 2. The van der Waals surface area contributed by atoms with Crippen LogP contribution in [0.1, 0.15) is 11.6 Å². The molecule has 0 bridgehead atoms. The maximum Gasteiger partial charge on any atom is 0.149 e. The standard InChI is InChI=1S/C20H10Cl2FN3O/c21-15-4-1-11(8-16(15)22)19-6-3-14(27-19)7-12(10-24)20-25-17-5-2-13(23)9-18(17)26-20/h1-9H,(H,25,26)/b12-7+. The topological polar surface area (TPSA) is 65.6 Å². The molecule has 27 heavy (non-hydrogen) atoms. The molecule has 0 aliphatic carbocycles. The molecular formula is C20H10Cl2FN3O. The lowest BCUT2D eigenvalue weighted by Gasteiger charge is -1.99. The summed E-state index contributed by atoms with van der Waals surface area (Å²) in [5.74, 6) is 1.02. The van der Waals surface area contributed by atoms with E-state index in [0.717, 1.165) is 5.56 Å². The Balaban J connectivity index is 1.69. The van der Waals surface area contributed by atoms with E-state index in [9.17, 15) is 9.65 Å². The van der Waals surface area contributed by atoms with Crippen LogP contribution in [0.4, 0.5) is 4.39 Å². The second kappa shape index (κ2) is 6.92. The number of nitrogens with zero attached hydrogens (tertiary/aromatic N) is 2. The van der Waals surface area contributed by atoms with Gasteiger partial charge in [0.1, 0.15) is 29.2 Å². The summed E-state index contributed by atoms with van der Waals surface area (Å²) in [4.78, 5) is 7.26. The van der Waals surface area contributed by atoms with E-state index in [2.05, 4.69) is 16.0 Å². The zero-order valence-electron chi connectivity index (χ0n) is 13.6. The minimum Gasteiger partial charge on any atom is -0.457 e. The maximum atomic E-state index is 13.3. The van der Waals surface area contributed by atoms with Crippen LogP contribution in [0.2, 0.25) is 10.0 Å². The average molecular weight is 398 g/mol. The zero-order valence-corrected chi connectivity index (χ0v) is 15.1. The molecule has 0 amide bonds. The average Bonchev–Trinajstić information content (AvgIpc) is 3.28. The highest BCUT2D eigenvalue weighted by Gasteiger charge is 2.11. The molecule has 0 unspecified atom stereocenters. The van der Waals surface area contributed by atoms with Gasteiger partial charge in [-0.1, -0.05) is 23.2 Å². The summed E-state index contributed by atoms with van der Waals surface area (Å²) in [6.07, 6.45) is 1.56. The third kappa shape index (κ3) is 3.45. The molecule has 132 valence electrons. The summed E-state index contributed by atoms with van der Waals surface area (Å²) in [5.41, 5.74) is 2.12. The zero-order chi connectivity index (χ0) is 19.0. The van der Waals surface area contributed by atoms with Crippen molar-refractivity contribution >= 4 is 45.9 Å². The van der Waals surface area contributed by atoms with E-state index in [1.54, 1.807) is 42.5 Å². The second-order valence-electron chi connectivity index (χ2n) is 5.75. The van der Waals surface area contributed by atoms with E-state index in [-0.39, 0.29) is 11.4 Å². The van der Waals surface area contributed by atoms with E-state index >= 15 is 0 Å². The summed E-state index contributed by atoms with van der Waals surface area (Å²) in [5, 5.41) is 10.4. The first-order valence-electron chi connectivity index (χ1n) is 7.86. The predicted octanol–water partition coefficient (Wildman–Crippen LogP) is 6.33. The van der Waals surface area contributed by atoms with Crippen LogP contribution in [0.5, 0.6) is 0 Å². The smallest absolute Gasteiger partial charge is 0.149 e. The number of hydrogen-bond donors (Lipinski definition) is 1. The lowest BCUT2D eigenvalue weighted by atomic mass is 10.2. The van der Waals surface area contributed by atoms with Crippen molar-refractivity contribution in [3.8, 4) is 17.4 Å². The van der Waals surface area contributed by atoms with Gasteiger partial charge in [0.2, 0.25) is 0 Å². The first kappa shape index (κ1) is 17.3. The Morgan fingerprint density at radius 1 is 1.11 bits per heavy atom. The van der Waals surface area contributed by atoms with Crippen molar-refractivity contribution in [3.05, 3.63) is 76.0 Å². The van der Waals surface area contributed by atoms with Gasteiger partial charge in [0, 0.05) is 11.6 Å². The van der Waals surface area contributed by atoms with Crippen LogP contribution < -0.4 is 0 Å². The van der Waals surface area contributed by atoms with Crippen molar-refractivity contribution in [3.63, 3.8) is 0 Å². The van der Waals surface area contributed by atoms with Gasteiger partial charge in [-0.3, -0.25) is 0 Å². The normalized spacial score (nSPS) is 11.7. The fraction of sp³-hybridized carbons (Fsp3) is 0. The number of benzene rings is 2. The molecule has 0 fully saturated rings. The second-order valence-corrected chi connectivity index (χ2v) is 6.56. The Bertz CT molecular complexity index is 1230. The lowest BCUT2D eigenvalue weighted by molar-refractivity contribution is 0.572. The van der Waals surface area contributed by atoms with Crippen LogP contribution in [0.15, 0.2) is 52.9 Å². The lowest BCUT2D eigenvalue weighted by Crippen LogP contribution is -1.84. The number of rotatable bonds is 3. The third-order valence-corrected chi connectivity index (χ3v) is 4.68. The molecule has 0 atom stereocenters. The summed E-state index contributed by atoms with van der Waals surface area (Å²) >= 11 is 12.0. The van der Waals surface area contributed by atoms with Gasteiger partial charge in [0.25, 0.3) is 0 Å². The molecule has 7 heteroatoms. The number of H-pyrrole nitrogens is 1. The van der Waals surface area contributed by atoms with Crippen LogP contribution >= 0.6 is 23.2 Å². The molecule has 0 saturated carbocycles. The van der Waals surface area contributed by atoms with Gasteiger partial charge >= 0.3 is 0 Å². The molecule has 0 radical (unpaired) electrons. The van der Waals surface area contributed by atoms with Gasteiger partial charge in [-0.2, -0.15) is 5.26 Å². The maximum absolute atomic E-state index is 13.3. The number of hydrogen-bond acceptors (Lipinski definition) is 3. The Morgan fingerprint density at radius 2 is 1.96 bits per heavy atom. The Morgan fingerprint density at radius 3 is 2.74 bits per heavy atom. The summed E-state index contributed by atoms with van der Waals surface area (Å²) in [6.45, 7) is 0. The number of furan rings is 1. The highest BCUT2D eigenvalue weighted by Crippen LogP contribution is 2.30. The van der Waals surface area contributed by atoms with Gasteiger partial charge in [-0.15, -0.1) is 0 Å². The number of imidazole rings is 1. The quantitative estimate of drug-likeness (QED) is 0.410. The first-order valence-corrected chi connectivity index (χ1v) is 8.62. The van der Waals surface area contributed by atoms with Crippen molar-refractivity contribution < 1.29 is 8.81 Å². The molecule has 2 aromatic carbocycles. The molecule has 2 heterocycles. The van der Waals surface area contributed by atoms with E-state index < -0.39 is 0 Å². The number of nitrogens with one attached hydrogen (secondary N) is 1. The molecular weight excluding hydrogens is 388 g/mol. The molecule has 0 aliphatic rings. The van der Waals surface area contributed by atoms with Gasteiger partial charge < -0.3 is 9.40 Å². The molecule has 0 saturated heterocycles. The van der Waals surface area contributed by atoms with Crippen molar-refractivity contribution in [1.82, 2.24) is 9.97 Å². The Labute approximate surface area is 163 Å². The fourth-order valence-corrected chi connectivity index (χ4v) is 2.94. The van der Waals surface area contributed by atoms with Crippen molar-refractivity contribution in [2.75, 3.05) is 0 Å². The highest BCUT2D eigenvalue weighted by atomic mass is 35.5. The number of allylic oxidation sites excluding steroid dienone is 1. The fourth-order valence-electron chi connectivity index (χ4n) is 2.64. The number of aromatic amines is 1. The Kier molecular flexibility index (Phi) is 4.44. The van der Waals surface area contributed by atoms with Crippen LogP contribution in [0, 0.1) is 17.1 Å². The molecule has 4 aromatic rings. The summed E-state index contributed by atoms with van der Waals surface area (Å²) in [6, 6.07) is 15.0. The number of nitriles is 1. The van der Waals surface area contributed by atoms with Crippen molar-refractivity contribution in [2.24, 2.45) is 0 Å². The van der Waals surface area contributed by atoms with Gasteiger partial charge in [0.15, 0.2) is 0 Å². The van der Waals surface area contributed by atoms with Crippen LogP contribution in [-0.2, 0) is 0 Å². The van der Waals surface area contributed by atoms with Crippen molar-refractivity contribution in [1.29, 1.82) is 5.26 Å². The van der Waals surface area contributed by atoms with E-state index in [1.165, 1.54) is 12.1 Å². The first-order chi connectivity index (χ1) is 13.0. The van der Waals surface area contributed by atoms with Gasteiger partial charge in [0.05, 0.1) is 26.7 Å². The molecule has 0 spiro atoms. The largest absolute Gasteiger partial charge is 0.457 e. The summed E-state index contributed by atoms with van der Waals surface area (Å²) < 4.78 is 19.1. The highest BCUT2D eigenvalue weighted by molar-refractivity contribution is 6.42. The molecule has 4 rings (SSSR count). The van der Waals surface area contributed by atoms with Gasteiger partial charge in [-0.25, -0.2) is 9.37 Å².